The number of carbonyl (C=O) groups excluding carboxylic acids is 1. The van der Waals surface area contributed by atoms with Gasteiger partial charge in [0, 0.05) is 12.6 Å². The van der Waals surface area contributed by atoms with Gasteiger partial charge in [0.15, 0.2) is 5.11 Å². The predicted octanol–water partition coefficient (Wildman–Crippen LogP) is 4.41. The highest BCUT2D eigenvalue weighted by Crippen LogP contribution is 2.29. The average Bonchev–Trinajstić information content (AvgIpc) is 2.48. The van der Waals surface area contributed by atoms with Crippen molar-refractivity contribution in [2.24, 2.45) is 0 Å². The molecule has 0 radical (unpaired) electrons. The van der Waals surface area contributed by atoms with E-state index in [2.05, 4.69) is 27.9 Å². The summed E-state index contributed by atoms with van der Waals surface area (Å²) in [6, 6.07) is 3.30. The Bertz CT molecular complexity index is 551. The highest BCUT2D eigenvalue weighted by atomic mass is 35.6. The second-order valence-electron chi connectivity index (χ2n) is 4.96. The summed E-state index contributed by atoms with van der Waals surface area (Å²) in [5, 5.41) is 8.85. The van der Waals surface area contributed by atoms with E-state index in [4.69, 9.17) is 58.6 Å². The normalized spacial score (nSPS) is 12.4. The Morgan fingerprint density at radius 1 is 1.29 bits per heavy atom. The number of hydrogen-bond acceptors (Lipinski definition) is 3. The van der Waals surface area contributed by atoms with Crippen LogP contribution in [0.15, 0.2) is 18.3 Å². The van der Waals surface area contributed by atoms with Crippen LogP contribution in [0.4, 0.5) is 5.82 Å². The molecule has 1 atom stereocenters. The fourth-order valence-corrected chi connectivity index (χ4v) is 2.36. The Morgan fingerprint density at radius 3 is 2.54 bits per heavy atom. The Hall–Kier alpha value is -0.530. The molecule has 0 unspecified atom stereocenters. The van der Waals surface area contributed by atoms with E-state index < -0.39 is 9.96 Å². The maximum absolute atomic E-state index is 11.9. The van der Waals surface area contributed by atoms with Crippen LogP contribution in [0.25, 0.3) is 0 Å². The minimum atomic E-state index is -1.78. The topological polar surface area (TPSA) is 66.1 Å². The molecule has 1 rings (SSSR count). The van der Waals surface area contributed by atoms with E-state index in [9.17, 15) is 4.79 Å². The number of rotatable bonds is 7. The van der Waals surface area contributed by atoms with Gasteiger partial charge in [-0.15, -0.1) is 0 Å². The molecule has 1 heterocycles. The first-order chi connectivity index (χ1) is 11.2. The van der Waals surface area contributed by atoms with Crippen molar-refractivity contribution in [2.45, 2.75) is 42.6 Å². The SMILES string of the molecule is CCCCCC(=O)N[C@@H](NC(=S)Nc1ccc(Cl)cn1)C(Cl)(Cl)Cl. The number of pyridine rings is 1. The Morgan fingerprint density at radius 2 is 2.00 bits per heavy atom. The van der Waals surface area contributed by atoms with E-state index in [-0.39, 0.29) is 11.0 Å². The molecule has 0 bridgehead atoms. The van der Waals surface area contributed by atoms with Crippen molar-refractivity contribution >= 4 is 75.5 Å². The minimum Gasteiger partial charge on any atom is -0.339 e. The number of carbonyl (C=O) groups is 1. The molecule has 0 saturated heterocycles. The summed E-state index contributed by atoms with van der Waals surface area (Å²) in [6.45, 7) is 2.05. The molecule has 0 fully saturated rings. The van der Waals surface area contributed by atoms with E-state index in [1.807, 2.05) is 0 Å². The average molecular weight is 432 g/mol. The fraction of sp³-hybridized carbons (Fsp3) is 0.500. The fourth-order valence-electron chi connectivity index (χ4n) is 1.70. The number of nitrogens with zero attached hydrogens (tertiary/aromatic N) is 1. The zero-order valence-corrected chi connectivity index (χ0v) is 16.8. The zero-order chi connectivity index (χ0) is 18.2. The second-order valence-corrected chi connectivity index (χ2v) is 8.17. The number of hydrogen-bond donors (Lipinski definition) is 3. The largest absolute Gasteiger partial charge is 0.339 e. The second kappa shape index (κ2) is 10.5. The van der Waals surface area contributed by atoms with E-state index in [0.717, 1.165) is 19.3 Å². The van der Waals surface area contributed by atoms with Crippen molar-refractivity contribution in [1.82, 2.24) is 15.6 Å². The molecule has 0 saturated carbocycles. The van der Waals surface area contributed by atoms with Gasteiger partial charge in [-0.2, -0.15) is 0 Å². The monoisotopic (exact) mass is 430 g/mol. The summed E-state index contributed by atoms with van der Waals surface area (Å²) in [5.41, 5.74) is 0. The van der Waals surface area contributed by atoms with Crippen molar-refractivity contribution in [1.29, 1.82) is 0 Å². The van der Waals surface area contributed by atoms with Crippen LogP contribution >= 0.6 is 58.6 Å². The van der Waals surface area contributed by atoms with Crippen molar-refractivity contribution in [3.8, 4) is 0 Å². The van der Waals surface area contributed by atoms with Crippen LogP contribution in [-0.4, -0.2) is 26.0 Å². The van der Waals surface area contributed by atoms with Gasteiger partial charge in [0.05, 0.1) is 5.02 Å². The molecule has 1 aromatic rings. The molecular weight excluding hydrogens is 414 g/mol. The smallest absolute Gasteiger partial charge is 0.228 e. The van der Waals surface area contributed by atoms with Gasteiger partial charge in [-0.1, -0.05) is 66.2 Å². The quantitative estimate of drug-likeness (QED) is 0.258. The van der Waals surface area contributed by atoms with Gasteiger partial charge in [-0.3, -0.25) is 4.79 Å². The van der Waals surface area contributed by atoms with E-state index in [1.165, 1.54) is 6.20 Å². The van der Waals surface area contributed by atoms with Crippen molar-refractivity contribution in [2.75, 3.05) is 5.32 Å². The molecular formula is C14H18Cl4N4OS. The minimum absolute atomic E-state index is 0.148. The maximum Gasteiger partial charge on any atom is 0.228 e. The molecule has 0 aliphatic carbocycles. The Balaban J connectivity index is 2.60. The summed E-state index contributed by atoms with van der Waals surface area (Å²) >= 11 is 28.6. The van der Waals surface area contributed by atoms with Crippen LogP contribution in [0.3, 0.4) is 0 Å². The molecule has 0 aromatic carbocycles. The molecule has 0 spiro atoms. The van der Waals surface area contributed by atoms with Gasteiger partial charge in [-0.05, 0) is 30.8 Å². The van der Waals surface area contributed by atoms with Crippen molar-refractivity contribution in [3.63, 3.8) is 0 Å². The van der Waals surface area contributed by atoms with Crippen molar-refractivity contribution in [3.05, 3.63) is 23.4 Å². The van der Waals surface area contributed by atoms with Gasteiger partial charge < -0.3 is 16.0 Å². The van der Waals surface area contributed by atoms with Gasteiger partial charge >= 0.3 is 0 Å². The molecule has 134 valence electrons. The van der Waals surface area contributed by atoms with Gasteiger partial charge in [0.25, 0.3) is 0 Å². The third kappa shape index (κ3) is 8.53. The van der Waals surface area contributed by atoms with Crippen LogP contribution in [0, 0.1) is 0 Å². The summed E-state index contributed by atoms with van der Waals surface area (Å²) in [5.74, 6) is 0.244. The molecule has 24 heavy (non-hydrogen) atoms. The molecule has 0 aliphatic rings. The molecule has 1 aromatic heterocycles. The van der Waals surface area contributed by atoms with Crippen LogP contribution in [-0.2, 0) is 4.79 Å². The van der Waals surface area contributed by atoms with Crippen LogP contribution in [0.5, 0.6) is 0 Å². The number of unbranched alkanes of at least 4 members (excludes halogenated alkanes) is 2. The predicted molar refractivity (Wildman–Crippen MR) is 105 cm³/mol. The summed E-state index contributed by atoms with van der Waals surface area (Å²) in [7, 11) is 0. The summed E-state index contributed by atoms with van der Waals surface area (Å²) < 4.78 is -1.78. The number of alkyl halides is 3. The first-order valence-corrected chi connectivity index (χ1v) is 9.19. The van der Waals surface area contributed by atoms with Gasteiger partial charge in [0.1, 0.15) is 12.0 Å². The third-order valence-electron chi connectivity index (χ3n) is 2.88. The number of anilines is 1. The molecule has 3 N–H and O–H groups in total. The highest BCUT2D eigenvalue weighted by molar-refractivity contribution is 7.80. The van der Waals surface area contributed by atoms with Gasteiger partial charge in [0.2, 0.25) is 9.70 Å². The standard InChI is InChI=1S/C14H18Cl4N4OS/c1-2-3-4-5-11(23)21-12(14(16,17)18)22-13(24)20-10-7-6-9(15)8-19-10/h6-8,12H,2-5H2,1H3,(H,21,23)(H2,19,20,22,24)/t12-/m0/s1. The van der Waals surface area contributed by atoms with Crippen LogP contribution < -0.4 is 16.0 Å². The first-order valence-electron chi connectivity index (χ1n) is 7.27. The Labute approximate surface area is 166 Å². The maximum atomic E-state index is 11.9. The number of amides is 1. The number of nitrogens with one attached hydrogen (secondary N) is 3. The molecule has 5 nitrogen and oxygen atoms in total. The first kappa shape index (κ1) is 21.5. The lowest BCUT2D eigenvalue weighted by molar-refractivity contribution is -0.122. The lowest BCUT2D eigenvalue weighted by Gasteiger charge is -2.27. The molecule has 0 aliphatic heterocycles. The molecule has 1 amide bonds. The summed E-state index contributed by atoms with van der Waals surface area (Å²) in [6.07, 6.45) is 3.58. The zero-order valence-electron chi connectivity index (χ0n) is 12.9. The lowest BCUT2D eigenvalue weighted by Crippen LogP contribution is -2.56. The van der Waals surface area contributed by atoms with E-state index in [1.54, 1.807) is 12.1 Å². The van der Waals surface area contributed by atoms with Gasteiger partial charge in [-0.25, -0.2) is 4.98 Å². The highest BCUT2D eigenvalue weighted by Gasteiger charge is 2.34. The van der Waals surface area contributed by atoms with Crippen LogP contribution in [0.2, 0.25) is 5.02 Å². The number of thiocarbonyl (C=S) groups is 1. The van der Waals surface area contributed by atoms with Crippen LogP contribution in [0.1, 0.15) is 32.6 Å². The Kier molecular flexibility index (Phi) is 9.37. The summed E-state index contributed by atoms with van der Waals surface area (Å²) in [4.78, 5) is 16.0. The van der Waals surface area contributed by atoms with E-state index in [0.29, 0.717) is 17.3 Å². The lowest BCUT2D eigenvalue weighted by atomic mass is 10.2. The van der Waals surface area contributed by atoms with Crippen molar-refractivity contribution < 1.29 is 4.79 Å². The van der Waals surface area contributed by atoms with E-state index >= 15 is 0 Å². The number of aromatic nitrogens is 1. The number of halogens is 4. The molecule has 10 heteroatoms. The third-order valence-corrected chi connectivity index (χ3v) is 3.98.